The molecule has 3 heteroatoms. The summed E-state index contributed by atoms with van der Waals surface area (Å²) >= 11 is 0. The van der Waals surface area contributed by atoms with Crippen LogP contribution in [0.4, 0.5) is 4.53 Å². The van der Waals surface area contributed by atoms with E-state index in [1.54, 1.807) is 0 Å². The monoisotopic (exact) mass is 163 g/mol. The van der Waals surface area contributed by atoms with Gasteiger partial charge in [0.05, 0.1) is 6.61 Å². The van der Waals surface area contributed by atoms with Gasteiger partial charge in [-0.25, -0.2) is 0 Å². The maximum atomic E-state index is 11.2. The van der Waals surface area contributed by atoms with Crippen LogP contribution >= 0.6 is 0 Å². The topological polar surface area (TPSA) is 12.5 Å². The molecule has 0 aromatic rings. The van der Waals surface area contributed by atoms with Crippen LogP contribution in [-0.4, -0.2) is 30.6 Å². The van der Waals surface area contributed by atoms with Gasteiger partial charge in [-0.1, -0.05) is 6.92 Å². The van der Waals surface area contributed by atoms with Gasteiger partial charge in [0.25, 0.3) is 0 Å². The summed E-state index contributed by atoms with van der Waals surface area (Å²) in [5.74, 6) is 0. The zero-order valence-corrected chi connectivity index (χ0v) is 7.64. The SMILES string of the molecule is CCN(CCCOF)C(C)C. The summed E-state index contributed by atoms with van der Waals surface area (Å²) in [5.41, 5.74) is 0. The van der Waals surface area contributed by atoms with Crippen LogP contribution in [-0.2, 0) is 4.94 Å². The second kappa shape index (κ2) is 6.55. The highest BCUT2D eigenvalue weighted by Crippen LogP contribution is 1.98. The van der Waals surface area contributed by atoms with Crippen LogP contribution in [0.15, 0.2) is 0 Å². The molecule has 0 saturated heterocycles. The van der Waals surface area contributed by atoms with Crippen molar-refractivity contribution in [2.75, 3.05) is 19.7 Å². The molecule has 0 atom stereocenters. The highest BCUT2D eigenvalue weighted by Gasteiger charge is 2.05. The summed E-state index contributed by atoms with van der Waals surface area (Å²) in [6, 6.07) is 0.541. The van der Waals surface area contributed by atoms with Gasteiger partial charge in [-0.05, 0) is 31.3 Å². The van der Waals surface area contributed by atoms with Crippen molar-refractivity contribution in [1.29, 1.82) is 0 Å². The lowest BCUT2D eigenvalue weighted by Gasteiger charge is -2.23. The Balaban J connectivity index is 3.36. The van der Waals surface area contributed by atoms with Gasteiger partial charge >= 0.3 is 0 Å². The molecule has 68 valence electrons. The van der Waals surface area contributed by atoms with E-state index in [1.165, 1.54) is 0 Å². The molecular formula is C8H18FNO. The first kappa shape index (κ1) is 10.8. The van der Waals surface area contributed by atoms with Crippen molar-refractivity contribution >= 4 is 0 Å². The molecule has 11 heavy (non-hydrogen) atoms. The first-order valence-corrected chi connectivity index (χ1v) is 4.20. The van der Waals surface area contributed by atoms with Gasteiger partial charge in [0, 0.05) is 12.6 Å². The molecular weight excluding hydrogens is 145 g/mol. The molecule has 0 saturated carbocycles. The van der Waals surface area contributed by atoms with Crippen LogP contribution < -0.4 is 0 Å². The average Bonchev–Trinajstić information content (AvgIpc) is 1.97. The van der Waals surface area contributed by atoms with Gasteiger partial charge in [0.1, 0.15) is 0 Å². The third-order valence-electron chi connectivity index (χ3n) is 1.80. The maximum Gasteiger partial charge on any atom is 0.0888 e. The average molecular weight is 163 g/mol. The van der Waals surface area contributed by atoms with Crippen LogP contribution in [0.25, 0.3) is 0 Å². The molecule has 2 nitrogen and oxygen atoms in total. The molecule has 0 amide bonds. The fraction of sp³-hybridized carbons (Fsp3) is 1.00. The van der Waals surface area contributed by atoms with Gasteiger partial charge in [-0.3, -0.25) is 0 Å². The molecule has 0 heterocycles. The molecule has 0 aromatic carbocycles. The van der Waals surface area contributed by atoms with E-state index in [-0.39, 0.29) is 6.61 Å². The van der Waals surface area contributed by atoms with E-state index < -0.39 is 0 Å². The summed E-state index contributed by atoms with van der Waals surface area (Å²) in [5, 5.41) is 0. The third kappa shape index (κ3) is 5.16. The van der Waals surface area contributed by atoms with E-state index in [9.17, 15) is 4.53 Å². The number of nitrogens with zero attached hydrogens (tertiary/aromatic N) is 1. The Morgan fingerprint density at radius 1 is 1.45 bits per heavy atom. The van der Waals surface area contributed by atoms with E-state index in [1.807, 2.05) is 0 Å². The van der Waals surface area contributed by atoms with Crippen molar-refractivity contribution in [3.63, 3.8) is 0 Å². The highest BCUT2D eigenvalue weighted by molar-refractivity contribution is 4.59. The van der Waals surface area contributed by atoms with Crippen molar-refractivity contribution in [3.8, 4) is 0 Å². The Morgan fingerprint density at radius 2 is 2.09 bits per heavy atom. The van der Waals surface area contributed by atoms with Crippen molar-refractivity contribution < 1.29 is 9.47 Å². The lowest BCUT2D eigenvalue weighted by Crippen LogP contribution is -2.31. The Bertz CT molecular complexity index is 88.2. The van der Waals surface area contributed by atoms with E-state index >= 15 is 0 Å². The van der Waals surface area contributed by atoms with Crippen LogP contribution in [0, 0.1) is 0 Å². The molecule has 0 aromatic heterocycles. The van der Waals surface area contributed by atoms with Gasteiger partial charge in [-0.2, -0.15) is 4.94 Å². The zero-order valence-electron chi connectivity index (χ0n) is 7.64. The lowest BCUT2D eigenvalue weighted by molar-refractivity contribution is -0.133. The van der Waals surface area contributed by atoms with Crippen LogP contribution in [0.5, 0.6) is 0 Å². The predicted octanol–water partition coefficient (Wildman–Crippen LogP) is 2.01. The quantitative estimate of drug-likeness (QED) is 0.555. The molecule has 0 aliphatic heterocycles. The standard InChI is InChI=1S/C8H18FNO/c1-4-10(8(2)3)6-5-7-11-9/h8H,4-7H2,1-3H3. The number of hydrogen-bond donors (Lipinski definition) is 0. The van der Waals surface area contributed by atoms with Crippen LogP contribution in [0.2, 0.25) is 0 Å². The van der Waals surface area contributed by atoms with Gasteiger partial charge < -0.3 is 4.90 Å². The summed E-state index contributed by atoms with van der Waals surface area (Å²) in [7, 11) is 0. The van der Waals surface area contributed by atoms with E-state index in [0.29, 0.717) is 6.04 Å². The van der Waals surface area contributed by atoms with E-state index in [4.69, 9.17) is 0 Å². The van der Waals surface area contributed by atoms with Crippen LogP contribution in [0.3, 0.4) is 0 Å². The third-order valence-corrected chi connectivity index (χ3v) is 1.80. The predicted molar refractivity (Wildman–Crippen MR) is 44.1 cm³/mol. The zero-order chi connectivity index (χ0) is 8.69. The number of rotatable bonds is 6. The van der Waals surface area contributed by atoms with Crippen molar-refractivity contribution in [1.82, 2.24) is 4.90 Å². The Hall–Kier alpha value is -0.150. The molecule has 0 aliphatic rings. The molecule has 0 aliphatic carbocycles. The Morgan fingerprint density at radius 3 is 2.45 bits per heavy atom. The molecule has 0 N–H and O–H groups in total. The van der Waals surface area contributed by atoms with Gasteiger partial charge in [0.2, 0.25) is 0 Å². The highest BCUT2D eigenvalue weighted by atomic mass is 19.3. The lowest BCUT2D eigenvalue weighted by atomic mass is 10.3. The fourth-order valence-electron chi connectivity index (χ4n) is 1.10. The van der Waals surface area contributed by atoms with Crippen molar-refractivity contribution in [3.05, 3.63) is 0 Å². The molecule has 0 bridgehead atoms. The Labute approximate surface area is 68.2 Å². The minimum absolute atomic E-state index is 0.212. The largest absolute Gasteiger partial charge is 0.301 e. The molecule has 0 radical (unpaired) electrons. The second-order valence-electron chi connectivity index (χ2n) is 2.89. The van der Waals surface area contributed by atoms with Crippen molar-refractivity contribution in [2.24, 2.45) is 0 Å². The normalized spacial score (nSPS) is 11.5. The summed E-state index contributed by atoms with van der Waals surface area (Å²) in [4.78, 5) is 5.77. The number of hydrogen-bond acceptors (Lipinski definition) is 2. The van der Waals surface area contributed by atoms with Gasteiger partial charge in [-0.15, -0.1) is 0 Å². The first-order valence-electron chi connectivity index (χ1n) is 4.20. The molecule has 0 unspecified atom stereocenters. The maximum absolute atomic E-state index is 11.2. The Kier molecular flexibility index (Phi) is 6.46. The van der Waals surface area contributed by atoms with Crippen LogP contribution in [0.1, 0.15) is 27.2 Å². The fourth-order valence-corrected chi connectivity index (χ4v) is 1.10. The smallest absolute Gasteiger partial charge is 0.0888 e. The molecule has 0 fully saturated rings. The van der Waals surface area contributed by atoms with E-state index in [0.717, 1.165) is 19.5 Å². The van der Waals surface area contributed by atoms with Gasteiger partial charge in [0.15, 0.2) is 0 Å². The summed E-state index contributed by atoms with van der Waals surface area (Å²) < 4.78 is 11.2. The molecule has 0 rings (SSSR count). The number of halogens is 1. The minimum atomic E-state index is 0.212. The minimum Gasteiger partial charge on any atom is -0.301 e. The first-order chi connectivity index (χ1) is 5.22. The van der Waals surface area contributed by atoms with Crippen molar-refractivity contribution in [2.45, 2.75) is 33.2 Å². The van der Waals surface area contributed by atoms with E-state index in [2.05, 4.69) is 30.6 Å². The summed E-state index contributed by atoms with van der Waals surface area (Å²) in [6.07, 6.45) is 0.766. The molecule has 0 spiro atoms. The summed E-state index contributed by atoms with van der Waals surface area (Å²) in [6.45, 7) is 8.53. The second-order valence-corrected chi connectivity index (χ2v) is 2.89.